The zero-order chi connectivity index (χ0) is 25.2. The van der Waals surface area contributed by atoms with Gasteiger partial charge in [0.25, 0.3) is 0 Å². The van der Waals surface area contributed by atoms with Crippen molar-refractivity contribution in [3.05, 3.63) is 87.5 Å². The number of aromatic nitrogens is 5. The highest BCUT2D eigenvalue weighted by atomic mass is 35.5. The lowest BCUT2D eigenvalue weighted by atomic mass is 10.1. The first-order valence-corrected chi connectivity index (χ1v) is 12.1. The average Bonchev–Trinajstić information content (AvgIpc) is 3.57. The number of aryl methyl sites for hydroxylation is 1. The Morgan fingerprint density at radius 2 is 1.97 bits per heavy atom. The third kappa shape index (κ3) is 4.22. The number of rotatable bonds is 8. The summed E-state index contributed by atoms with van der Waals surface area (Å²) >= 11 is 6.39. The SMILES string of the molecule is CCCc1nc(Cl)c(C(=O)OCC)n1Cc1cccc2c1ccn2-c1ccccc1-c1noc(=O)[nH]1. The van der Waals surface area contributed by atoms with Gasteiger partial charge in [-0.25, -0.2) is 14.6 Å². The monoisotopic (exact) mass is 505 g/mol. The fraction of sp³-hybridized carbons (Fsp3) is 0.231. The maximum Gasteiger partial charge on any atom is 0.439 e. The molecule has 0 amide bonds. The number of fused-ring (bicyclic) bond motifs is 1. The van der Waals surface area contributed by atoms with Gasteiger partial charge in [-0.1, -0.05) is 47.9 Å². The van der Waals surface area contributed by atoms with Gasteiger partial charge in [0, 0.05) is 23.6 Å². The number of imidazole rings is 1. The van der Waals surface area contributed by atoms with Crippen LogP contribution in [0.4, 0.5) is 0 Å². The zero-order valence-corrected chi connectivity index (χ0v) is 20.6. The molecule has 0 aliphatic rings. The van der Waals surface area contributed by atoms with Gasteiger partial charge in [0.2, 0.25) is 0 Å². The number of halogens is 1. The molecule has 0 spiro atoms. The van der Waals surface area contributed by atoms with E-state index in [0.717, 1.165) is 40.0 Å². The number of carbonyl (C=O) groups excluding carboxylic acids is 1. The quantitative estimate of drug-likeness (QED) is 0.297. The van der Waals surface area contributed by atoms with Crippen molar-refractivity contribution >= 4 is 28.5 Å². The minimum atomic E-state index is -0.612. The molecular formula is C26H24ClN5O4. The standard InChI is InChI=1S/C26H24ClN5O4/c1-3-8-21-28-23(27)22(25(33)35-4-2)32(21)15-16-9-7-12-19-17(16)13-14-31(19)20-11-6-5-10-18(20)24-29-26(34)36-30-24/h5-7,9-14H,3-4,8,15H2,1-2H3,(H,29,30,34). The molecular weight excluding hydrogens is 482 g/mol. The van der Waals surface area contributed by atoms with Crippen LogP contribution in [0, 0.1) is 0 Å². The summed E-state index contributed by atoms with van der Waals surface area (Å²) < 4.78 is 13.9. The largest absolute Gasteiger partial charge is 0.461 e. The van der Waals surface area contributed by atoms with Crippen molar-refractivity contribution in [1.29, 1.82) is 0 Å². The van der Waals surface area contributed by atoms with E-state index in [1.165, 1.54) is 0 Å². The molecule has 0 fully saturated rings. The molecule has 2 aromatic carbocycles. The van der Waals surface area contributed by atoms with Crippen molar-refractivity contribution in [3.63, 3.8) is 0 Å². The van der Waals surface area contributed by atoms with Crippen molar-refractivity contribution in [1.82, 2.24) is 24.3 Å². The number of H-pyrrole nitrogens is 1. The summed E-state index contributed by atoms with van der Waals surface area (Å²) in [6.07, 6.45) is 3.50. The molecule has 5 rings (SSSR count). The maximum atomic E-state index is 12.7. The molecule has 0 aliphatic carbocycles. The van der Waals surface area contributed by atoms with Gasteiger partial charge in [-0.2, -0.15) is 0 Å². The molecule has 0 atom stereocenters. The van der Waals surface area contributed by atoms with Crippen molar-refractivity contribution < 1.29 is 14.1 Å². The molecule has 0 saturated heterocycles. The second-order valence-corrected chi connectivity index (χ2v) is 8.58. The van der Waals surface area contributed by atoms with Gasteiger partial charge in [0.1, 0.15) is 5.82 Å². The van der Waals surface area contributed by atoms with Crippen LogP contribution in [0.15, 0.2) is 64.0 Å². The summed E-state index contributed by atoms with van der Waals surface area (Å²) in [5, 5.41) is 5.01. The smallest absolute Gasteiger partial charge is 0.439 e. The highest BCUT2D eigenvalue weighted by Gasteiger charge is 2.24. The summed E-state index contributed by atoms with van der Waals surface area (Å²) in [5.41, 5.74) is 3.77. The molecule has 3 heterocycles. The number of hydrogen-bond donors (Lipinski definition) is 1. The van der Waals surface area contributed by atoms with Crippen LogP contribution in [0.3, 0.4) is 0 Å². The Morgan fingerprint density at radius 1 is 1.14 bits per heavy atom. The van der Waals surface area contributed by atoms with Gasteiger partial charge in [-0.3, -0.25) is 9.51 Å². The van der Waals surface area contributed by atoms with Gasteiger partial charge >= 0.3 is 11.7 Å². The van der Waals surface area contributed by atoms with Crippen molar-refractivity contribution in [3.8, 4) is 17.1 Å². The molecule has 36 heavy (non-hydrogen) atoms. The summed E-state index contributed by atoms with van der Waals surface area (Å²) in [7, 11) is 0. The summed E-state index contributed by atoms with van der Waals surface area (Å²) in [6, 6.07) is 15.6. The molecule has 0 aliphatic heterocycles. The Kier molecular flexibility index (Phi) is 6.47. The van der Waals surface area contributed by atoms with E-state index in [0.29, 0.717) is 18.8 Å². The van der Waals surface area contributed by atoms with Crippen LogP contribution >= 0.6 is 11.6 Å². The molecule has 3 aromatic heterocycles. The third-order valence-corrected chi connectivity index (χ3v) is 6.22. The van der Waals surface area contributed by atoms with E-state index < -0.39 is 11.7 Å². The fourth-order valence-corrected chi connectivity index (χ4v) is 4.70. The van der Waals surface area contributed by atoms with Crippen LogP contribution in [0.2, 0.25) is 5.15 Å². The van der Waals surface area contributed by atoms with Gasteiger partial charge in [-0.15, -0.1) is 0 Å². The van der Waals surface area contributed by atoms with Crippen LogP contribution in [0.25, 0.3) is 28.0 Å². The van der Waals surface area contributed by atoms with E-state index in [-0.39, 0.29) is 17.5 Å². The number of para-hydroxylation sites is 1. The number of aromatic amines is 1. The second-order valence-electron chi connectivity index (χ2n) is 8.22. The molecule has 5 aromatic rings. The molecule has 0 unspecified atom stereocenters. The predicted molar refractivity (Wildman–Crippen MR) is 136 cm³/mol. The van der Waals surface area contributed by atoms with Crippen LogP contribution in [0.1, 0.15) is 42.1 Å². The lowest BCUT2D eigenvalue weighted by molar-refractivity contribution is 0.0514. The summed E-state index contributed by atoms with van der Waals surface area (Å²) in [5.74, 6) is -0.0105. The second kappa shape index (κ2) is 9.87. The fourth-order valence-electron chi connectivity index (χ4n) is 4.43. The van der Waals surface area contributed by atoms with Crippen LogP contribution < -0.4 is 5.76 Å². The first kappa shape index (κ1) is 23.6. The van der Waals surface area contributed by atoms with Crippen molar-refractivity contribution in [2.75, 3.05) is 6.61 Å². The van der Waals surface area contributed by atoms with E-state index >= 15 is 0 Å². The van der Waals surface area contributed by atoms with E-state index in [4.69, 9.17) is 20.9 Å². The van der Waals surface area contributed by atoms with Gasteiger partial charge < -0.3 is 13.9 Å². The molecule has 0 radical (unpaired) electrons. The number of hydrogen-bond acceptors (Lipinski definition) is 6. The number of carbonyl (C=O) groups is 1. The van der Waals surface area contributed by atoms with Crippen LogP contribution in [-0.4, -0.2) is 36.8 Å². The highest BCUT2D eigenvalue weighted by Crippen LogP contribution is 2.30. The first-order valence-electron chi connectivity index (χ1n) is 11.7. The number of nitrogens with one attached hydrogen (secondary N) is 1. The topological polar surface area (TPSA) is 108 Å². The molecule has 184 valence electrons. The first-order chi connectivity index (χ1) is 17.5. The van der Waals surface area contributed by atoms with Crippen LogP contribution in [0.5, 0.6) is 0 Å². The molecule has 1 N–H and O–H groups in total. The average molecular weight is 506 g/mol. The Labute approximate surface area is 211 Å². The Balaban J connectivity index is 1.61. The minimum absolute atomic E-state index is 0.150. The minimum Gasteiger partial charge on any atom is -0.461 e. The lowest BCUT2D eigenvalue weighted by Crippen LogP contribution is -2.15. The Morgan fingerprint density at radius 3 is 2.72 bits per heavy atom. The van der Waals surface area contributed by atoms with E-state index in [2.05, 4.69) is 22.0 Å². The molecule has 10 heteroatoms. The molecule has 0 bridgehead atoms. The molecule has 0 saturated carbocycles. The van der Waals surface area contributed by atoms with Crippen LogP contribution in [-0.2, 0) is 17.7 Å². The summed E-state index contributed by atoms with van der Waals surface area (Å²) in [6.45, 7) is 4.47. The van der Waals surface area contributed by atoms with Gasteiger partial charge in [0.15, 0.2) is 16.7 Å². The van der Waals surface area contributed by atoms with Gasteiger partial charge in [-0.05, 0) is 43.2 Å². The number of nitrogens with zero attached hydrogens (tertiary/aromatic N) is 4. The number of benzene rings is 2. The molecule has 9 nitrogen and oxygen atoms in total. The van der Waals surface area contributed by atoms with Crippen molar-refractivity contribution in [2.45, 2.75) is 33.2 Å². The maximum absolute atomic E-state index is 12.7. The van der Waals surface area contributed by atoms with Crippen molar-refractivity contribution in [2.24, 2.45) is 0 Å². The lowest BCUT2D eigenvalue weighted by Gasteiger charge is -2.13. The number of ether oxygens (including phenoxy) is 1. The zero-order valence-electron chi connectivity index (χ0n) is 19.8. The summed E-state index contributed by atoms with van der Waals surface area (Å²) in [4.78, 5) is 31.3. The Bertz CT molecular complexity index is 1610. The highest BCUT2D eigenvalue weighted by molar-refractivity contribution is 6.32. The number of esters is 1. The van der Waals surface area contributed by atoms with E-state index in [1.807, 2.05) is 63.9 Å². The van der Waals surface area contributed by atoms with E-state index in [9.17, 15) is 9.59 Å². The Hall–Kier alpha value is -4.11. The third-order valence-electron chi connectivity index (χ3n) is 5.96. The van der Waals surface area contributed by atoms with Gasteiger partial charge in [0.05, 0.1) is 24.4 Å². The predicted octanol–water partition coefficient (Wildman–Crippen LogP) is 5.00. The van der Waals surface area contributed by atoms with E-state index in [1.54, 1.807) is 6.92 Å². The normalized spacial score (nSPS) is 11.3.